The molecule has 0 spiro atoms. The second-order valence-corrected chi connectivity index (χ2v) is 4.18. The van der Waals surface area contributed by atoms with Crippen LogP contribution in [0, 0.1) is 11.3 Å². The number of nitrogens with zero attached hydrogens (tertiary/aromatic N) is 1. The predicted molar refractivity (Wildman–Crippen MR) is 61.5 cm³/mol. The lowest BCUT2D eigenvalue weighted by atomic mass is 10.2. The molecule has 0 bridgehead atoms. The van der Waals surface area contributed by atoms with E-state index in [9.17, 15) is 5.11 Å². The van der Waals surface area contributed by atoms with Crippen LogP contribution >= 0.6 is 11.8 Å². The summed E-state index contributed by atoms with van der Waals surface area (Å²) in [7, 11) is 1.55. The predicted octanol–water partition coefficient (Wildman–Crippen LogP) is 1.01. The first-order chi connectivity index (χ1) is 7.71. The summed E-state index contributed by atoms with van der Waals surface area (Å²) in [5, 5.41) is 26.8. The Hall–Kier alpha value is -1.22. The number of thioether (sulfide) groups is 1. The fraction of sp³-hybridized carbons (Fsp3) is 0.364. The molecular weight excluding hydrogens is 226 g/mol. The molecule has 1 aromatic rings. The molecule has 0 saturated carbocycles. The number of aliphatic hydroxyl groups excluding tert-OH is 2. The molecule has 0 radical (unpaired) electrons. The van der Waals surface area contributed by atoms with Crippen LogP contribution in [-0.4, -0.2) is 35.8 Å². The number of methoxy groups -OCH3 is 1. The van der Waals surface area contributed by atoms with E-state index in [1.165, 1.54) is 11.8 Å². The maximum Gasteiger partial charge on any atom is 0.120 e. The third-order valence-corrected chi connectivity index (χ3v) is 3.15. The van der Waals surface area contributed by atoms with Crippen molar-refractivity contribution in [3.8, 4) is 11.8 Å². The first-order valence-electron chi connectivity index (χ1n) is 4.71. The fourth-order valence-corrected chi connectivity index (χ4v) is 2.03. The SMILES string of the molecule is COc1ccc(C#N)c(SCC(O)CO)c1. The van der Waals surface area contributed by atoms with Gasteiger partial charge in [-0.15, -0.1) is 11.8 Å². The third kappa shape index (κ3) is 3.42. The Labute approximate surface area is 98.5 Å². The molecule has 0 amide bonds. The molecule has 5 heteroatoms. The van der Waals surface area contributed by atoms with Crippen LogP contribution in [0.2, 0.25) is 0 Å². The lowest BCUT2D eigenvalue weighted by Gasteiger charge is -2.09. The average molecular weight is 239 g/mol. The van der Waals surface area contributed by atoms with Crippen LogP contribution in [0.25, 0.3) is 0 Å². The number of aliphatic hydroxyl groups is 2. The number of hydrogen-bond donors (Lipinski definition) is 2. The van der Waals surface area contributed by atoms with Gasteiger partial charge in [-0.05, 0) is 18.2 Å². The topological polar surface area (TPSA) is 73.5 Å². The molecule has 0 saturated heterocycles. The van der Waals surface area contributed by atoms with Crippen LogP contribution in [0.3, 0.4) is 0 Å². The standard InChI is InChI=1S/C11H13NO3S/c1-15-10-3-2-8(5-12)11(4-10)16-7-9(14)6-13/h2-4,9,13-14H,6-7H2,1H3. The maximum atomic E-state index is 9.22. The highest BCUT2D eigenvalue weighted by Crippen LogP contribution is 2.27. The highest BCUT2D eigenvalue weighted by Gasteiger charge is 2.08. The van der Waals surface area contributed by atoms with E-state index in [0.717, 1.165) is 4.90 Å². The van der Waals surface area contributed by atoms with E-state index < -0.39 is 6.10 Å². The maximum absolute atomic E-state index is 9.22. The van der Waals surface area contributed by atoms with Gasteiger partial charge in [-0.25, -0.2) is 0 Å². The van der Waals surface area contributed by atoms with E-state index >= 15 is 0 Å². The molecule has 1 rings (SSSR count). The Bertz CT molecular complexity index is 389. The average Bonchev–Trinajstić information content (AvgIpc) is 2.35. The summed E-state index contributed by atoms with van der Waals surface area (Å²) in [5.74, 6) is 1.01. The summed E-state index contributed by atoms with van der Waals surface area (Å²) in [5.41, 5.74) is 0.538. The van der Waals surface area contributed by atoms with Crippen molar-refractivity contribution in [1.29, 1.82) is 5.26 Å². The number of ether oxygens (including phenoxy) is 1. The summed E-state index contributed by atoms with van der Waals surface area (Å²) in [6.45, 7) is -0.279. The van der Waals surface area contributed by atoms with Crippen LogP contribution in [-0.2, 0) is 0 Å². The Kier molecular flexibility index (Phi) is 5.12. The molecule has 1 aromatic carbocycles. The molecule has 2 N–H and O–H groups in total. The van der Waals surface area contributed by atoms with Gasteiger partial charge in [0.05, 0.1) is 25.4 Å². The van der Waals surface area contributed by atoms with Crippen molar-refractivity contribution in [2.45, 2.75) is 11.0 Å². The van der Waals surface area contributed by atoms with E-state index in [1.807, 2.05) is 0 Å². The zero-order chi connectivity index (χ0) is 12.0. The first kappa shape index (κ1) is 12.8. The first-order valence-corrected chi connectivity index (χ1v) is 5.69. The van der Waals surface area contributed by atoms with Crippen molar-refractivity contribution in [1.82, 2.24) is 0 Å². The van der Waals surface area contributed by atoms with Gasteiger partial charge in [0, 0.05) is 10.6 Å². The smallest absolute Gasteiger partial charge is 0.120 e. The second kappa shape index (κ2) is 6.38. The number of benzene rings is 1. The molecule has 0 aliphatic carbocycles. The van der Waals surface area contributed by atoms with Crippen molar-refractivity contribution >= 4 is 11.8 Å². The van der Waals surface area contributed by atoms with Gasteiger partial charge < -0.3 is 14.9 Å². The molecule has 0 aliphatic heterocycles. The zero-order valence-electron chi connectivity index (χ0n) is 8.88. The normalized spacial score (nSPS) is 11.9. The minimum absolute atomic E-state index is 0.279. The van der Waals surface area contributed by atoms with Gasteiger partial charge in [0.1, 0.15) is 11.8 Å². The number of hydrogen-bond acceptors (Lipinski definition) is 5. The number of rotatable bonds is 5. The lowest BCUT2D eigenvalue weighted by Crippen LogP contribution is -2.14. The van der Waals surface area contributed by atoms with Crippen LogP contribution in [0.15, 0.2) is 23.1 Å². The van der Waals surface area contributed by atoms with Crippen molar-refractivity contribution in [2.75, 3.05) is 19.5 Å². The molecular formula is C11H13NO3S. The van der Waals surface area contributed by atoms with Crippen LogP contribution in [0.5, 0.6) is 5.75 Å². The third-order valence-electron chi connectivity index (χ3n) is 1.95. The van der Waals surface area contributed by atoms with Gasteiger partial charge in [-0.1, -0.05) is 0 Å². The van der Waals surface area contributed by atoms with Gasteiger partial charge >= 0.3 is 0 Å². The molecule has 0 heterocycles. The quantitative estimate of drug-likeness (QED) is 0.750. The Morgan fingerprint density at radius 1 is 1.56 bits per heavy atom. The summed E-state index contributed by atoms with van der Waals surface area (Å²) in [6, 6.07) is 7.20. The summed E-state index contributed by atoms with van der Waals surface area (Å²) in [6.07, 6.45) is -0.775. The monoisotopic (exact) mass is 239 g/mol. The second-order valence-electron chi connectivity index (χ2n) is 3.12. The van der Waals surface area contributed by atoms with Gasteiger partial charge in [0.2, 0.25) is 0 Å². The molecule has 0 aliphatic rings. The van der Waals surface area contributed by atoms with Crippen molar-refractivity contribution in [2.24, 2.45) is 0 Å². The zero-order valence-corrected chi connectivity index (χ0v) is 9.70. The fourth-order valence-electron chi connectivity index (χ4n) is 1.08. The van der Waals surface area contributed by atoms with E-state index in [-0.39, 0.29) is 6.61 Å². The Morgan fingerprint density at radius 2 is 2.31 bits per heavy atom. The molecule has 0 fully saturated rings. The van der Waals surface area contributed by atoms with Crippen LogP contribution in [0.1, 0.15) is 5.56 Å². The molecule has 4 nitrogen and oxygen atoms in total. The van der Waals surface area contributed by atoms with Gasteiger partial charge in [-0.3, -0.25) is 0 Å². The molecule has 86 valence electrons. The van der Waals surface area contributed by atoms with Crippen molar-refractivity contribution in [3.05, 3.63) is 23.8 Å². The van der Waals surface area contributed by atoms with Gasteiger partial charge in [-0.2, -0.15) is 5.26 Å². The lowest BCUT2D eigenvalue weighted by molar-refractivity contribution is 0.113. The summed E-state index contributed by atoms with van der Waals surface area (Å²) >= 11 is 1.32. The highest BCUT2D eigenvalue weighted by molar-refractivity contribution is 7.99. The summed E-state index contributed by atoms with van der Waals surface area (Å²) < 4.78 is 5.05. The molecule has 1 atom stereocenters. The highest BCUT2D eigenvalue weighted by atomic mass is 32.2. The Balaban J connectivity index is 2.80. The molecule has 1 unspecified atom stereocenters. The molecule has 16 heavy (non-hydrogen) atoms. The van der Waals surface area contributed by atoms with E-state index in [2.05, 4.69) is 6.07 Å². The van der Waals surface area contributed by atoms with E-state index in [0.29, 0.717) is 17.1 Å². The van der Waals surface area contributed by atoms with Crippen LogP contribution in [0.4, 0.5) is 0 Å². The van der Waals surface area contributed by atoms with Crippen molar-refractivity contribution < 1.29 is 14.9 Å². The largest absolute Gasteiger partial charge is 0.497 e. The minimum Gasteiger partial charge on any atom is -0.497 e. The van der Waals surface area contributed by atoms with Crippen LogP contribution < -0.4 is 4.74 Å². The van der Waals surface area contributed by atoms with Gasteiger partial charge in [0.15, 0.2) is 0 Å². The summed E-state index contributed by atoms with van der Waals surface area (Å²) in [4.78, 5) is 0.745. The van der Waals surface area contributed by atoms with E-state index in [1.54, 1.807) is 25.3 Å². The number of nitriles is 1. The molecule has 0 aromatic heterocycles. The minimum atomic E-state index is -0.775. The van der Waals surface area contributed by atoms with Gasteiger partial charge in [0.25, 0.3) is 0 Å². The Morgan fingerprint density at radius 3 is 2.88 bits per heavy atom. The van der Waals surface area contributed by atoms with Crippen molar-refractivity contribution in [3.63, 3.8) is 0 Å². The van der Waals surface area contributed by atoms with E-state index in [4.69, 9.17) is 15.1 Å².